The van der Waals surface area contributed by atoms with E-state index in [9.17, 15) is 4.79 Å². The van der Waals surface area contributed by atoms with Crippen LogP contribution in [0.1, 0.15) is 16.7 Å². The number of benzene rings is 2. The number of carbonyl (C=O) groups is 1. The van der Waals surface area contributed by atoms with Crippen molar-refractivity contribution in [3.05, 3.63) is 71.3 Å². The van der Waals surface area contributed by atoms with E-state index in [0.29, 0.717) is 18.1 Å². The maximum absolute atomic E-state index is 11.6. The Hall–Kier alpha value is -2.19. The minimum atomic E-state index is -1.12. The van der Waals surface area contributed by atoms with Gasteiger partial charge in [-0.1, -0.05) is 54.6 Å². The number of ether oxygens (including phenoxy) is 2. The molecule has 5 heteroatoms. The van der Waals surface area contributed by atoms with Crippen LogP contribution in [-0.2, 0) is 26.5 Å². The predicted octanol–water partition coefficient (Wildman–Crippen LogP) is 3.18. The first-order valence-corrected chi connectivity index (χ1v) is 8.17. The molecule has 3 rings (SSSR count). The molecule has 2 unspecified atom stereocenters. The molecule has 0 aromatic heterocycles. The van der Waals surface area contributed by atoms with Gasteiger partial charge in [0, 0.05) is 17.5 Å². The lowest BCUT2D eigenvalue weighted by Gasteiger charge is -2.30. The third-order valence-electron chi connectivity index (χ3n) is 3.98. The van der Waals surface area contributed by atoms with Gasteiger partial charge in [0.25, 0.3) is 0 Å². The van der Waals surface area contributed by atoms with Gasteiger partial charge in [-0.3, -0.25) is 4.79 Å². The Labute approximate surface area is 145 Å². The number of ketones is 1. The highest BCUT2D eigenvalue weighted by molar-refractivity contribution is 6.18. The van der Waals surface area contributed by atoms with E-state index in [2.05, 4.69) is 0 Å². The Morgan fingerprint density at radius 1 is 1.21 bits per heavy atom. The quantitative estimate of drug-likeness (QED) is 0.619. The van der Waals surface area contributed by atoms with Crippen molar-refractivity contribution in [3.8, 4) is 6.07 Å². The molecule has 1 fully saturated rings. The van der Waals surface area contributed by atoms with Crippen molar-refractivity contribution in [2.45, 2.75) is 18.3 Å². The zero-order chi connectivity index (χ0) is 17.0. The molecule has 0 radical (unpaired) electrons. The molecule has 2 aromatic rings. The SMILES string of the molecule is N#CC(=O)Cc1ccccc1C1(c2ccccc2)OCC(CCl)O1. The first-order valence-electron chi connectivity index (χ1n) is 7.64. The first-order chi connectivity index (χ1) is 11.7. The van der Waals surface area contributed by atoms with Gasteiger partial charge in [-0.05, 0) is 5.56 Å². The van der Waals surface area contributed by atoms with E-state index in [1.165, 1.54) is 0 Å². The second-order valence-electron chi connectivity index (χ2n) is 5.56. The number of alkyl halides is 1. The standard InChI is InChI=1S/C19H16ClNO3/c20-11-17-13-23-19(24-17,15-7-2-1-3-8-15)18-9-5-4-6-14(18)10-16(22)12-21/h1-9,17H,10-11,13H2. The van der Waals surface area contributed by atoms with E-state index in [-0.39, 0.29) is 12.5 Å². The molecular formula is C19H16ClNO3. The van der Waals surface area contributed by atoms with Gasteiger partial charge >= 0.3 is 0 Å². The van der Waals surface area contributed by atoms with E-state index in [4.69, 9.17) is 26.3 Å². The smallest absolute Gasteiger partial charge is 0.236 e. The molecule has 0 bridgehead atoms. The fourth-order valence-electron chi connectivity index (χ4n) is 2.90. The van der Waals surface area contributed by atoms with Crippen LogP contribution in [-0.4, -0.2) is 24.4 Å². The Morgan fingerprint density at radius 2 is 1.92 bits per heavy atom. The summed E-state index contributed by atoms with van der Waals surface area (Å²) in [6, 6.07) is 18.6. The monoisotopic (exact) mass is 341 g/mol. The van der Waals surface area contributed by atoms with Crippen molar-refractivity contribution in [1.29, 1.82) is 5.26 Å². The van der Waals surface area contributed by atoms with Crippen LogP contribution in [0.3, 0.4) is 0 Å². The topological polar surface area (TPSA) is 59.3 Å². The van der Waals surface area contributed by atoms with Gasteiger partial charge < -0.3 is 9.47 Å². The summed E-state index contributed by atoms with van der Waals surface area (Å²) in [7, 11) is 0. The fourth-order valence-corrected chi connectivity index (χ4v) is 3.05. The van der Waals surface area contributed by atoms with Crippen LogP contribution in [0, 0.1) is 11.3 Å². The van der Waals surface area contributed by atoms with Crippen LogP contribution in [0.5, 0.6) is 0 Å². The normalized spacial score (nSPS) is 22.9. The maximum Gasteiger partial charge on any atom is 0.236 e. The van der Waals surface area contributed by atoms with Gasteiger partial charge in [-0.15, -0.1) is 11.6 Å². The highest BCUT2D eigenvalue weighted by atomic mass is 35.5. The summed E-state index contributed by atoms with van der Waals surface area (Å²) in [4.78, 5) is 11.6. The molecule has 2 aromatic carbocycles. The van der Waals surface area contributed by atoms with Gasteiger partial charge in [-0.2, -0.15) is 5.26 Å². The number of Topliss-reactive ketones (excluding diaryl/α,β-unsaturated/α-hetero) is 1. The summed E-state index contributed by atoms with van der Waals surface area (Å²) >= 11 is 5.95. The molecule has 1 heterocycles. The molecule has 2 atom stereocenters. The fraction of sp³-hybridized carbons (Fsp3) is 0.263. The number of nitriles is 1. The average Bonchev–Trinajstić information content (AvgIpc) is 3.08. The van der Waals surface area contributed by atoms with Crippen molar-refractivity contribution < 1.29 is 14.3 Å². The summed E-state index contributed by atoms with van der Waals surface area (Å²) in [6.07, 6.45) is -0.230. The number of halogens is 1. The van der Waals surface area contributed by atoms with E-state index < -0.39 is 11.6 Å². The van der Waals surface area contributed by atoms with Crippen molar-refractivity contribution in [1.82, 2.24) is 0 Å². The maximum atomic E-state index is 11.6. The van der Waals surface area contributed by atoms with E-state index in [0.717, 1.165) is 11.1 Å². The Morgan fingerprint density at radius 3 is 2.58 bits per heavy atom. The number of carbonyl (C=O) groups excluding carboxylic acids is 1. The van der Waals surface area contributed by atoms with Crippen molar-refractivity contribution in [2.75, 3.05) is 12.5 Å². The molecule has 24 heavy (non-hydrogen) atoms. The molecule has 0 spiro atoms. The van der Waals surface area contributed by atoms with E-state index >= 15 is 0 Å². The molecule has 0 amide bonds. The second kappa shape index (κ2) is 7.14. The van der Waals surface area contributed by atoms with Crippen molar-refractivity contribution >= 4 is 17.4 Å². The summed E-state index contributed by atoms with van der Waals surface area (Å²) < 4.78 is 12.2. The van der Waals surface area contributed by atoms with Crippen LogP contribution in [0.4, 0.5) is 0 Å². The van der Waals surface area contributed by atoms with Crippen LogP contribution in [0.25, 0.3) is 0 Å². The lowest BCUT2D eigenvalue weighted by molar-refractivity contribution is -0.140. The summed E-state index contributed by atoms with van der Waals surface area (Å²) in [6.45, 7) is 0.360. The van der Waals surface area contributed by atoms with Crippen LogP contribution in [0.15, 0.2) is 54.6 Å². The molecule has 122 valence electrons. The lowest BCUT2D eigenvalue weighted by Crippen LogP contribution is -2.31. The largest absolute Gasteiger partial charge is 0.339 e. The summed E-state index contributed by atoms with van der Waals surface area (Å²) in [5, 5.41) is 8.83. The molecule has 0 N–H and O–H groups in total. The zero-order valence-electron chi connectivity index (χ0n) is 12.9. The third kappa shape index (κ3) is 3.07. The van der Waals surface area contributed by atoms with Crippen LogP contribution < -0.4 is 0 Å². The predicted molar refractivity (Wildman–Crippen MR) is 89.5 cm³/mol. The van der Waals surface area contributed by atoms with Crippen molar-refractivity contribution in [2.24, 2.45) is 0 Å². The molecular weight excluding hydrogens is 326 g/mol. The second-order valence-corrected chi connectivity index (χ2v) is 5.87. The van der Waals surface area contributed by atoms with Gasteiger partial charge in [0.1, 0.15) is 6.07 Å². The van der Waals surface area contributed by atoms with Gasteiger partial charge in [-0.25, -0.2) is 0 Å². The average molecular weight is 342 g/mol. The van der Waals surface area contributed by atoms with Gasteiger partial charge in [0.2, 0.25) is 11.6 Å². The third-order valence-corrected chi connectivity index (χ3v) is 4.32. The zero-order valence-corrected chi connectivity index (χ0v) is 13.7. The molecule has 0 saturated carbocycles. The number of nitrogens with zero attached hydrogens (tertiary/aromatic N) is 1. The summed E-state index contributed by atoms with van der Waals surface area (Å²) in [5.41, 5.74) is 2.27. The molecule has 4 nitrogen and oxygen atoms in total. The number of hydrogen-bond donors (Lipinski definition) is 0. The van der Waals surface area contributed by atoms with E-state index in [1.807, 2.05) is 54.6 Å². The Kier molecular flexibility index (Phi) is 4.96. The molecule has 1 saturated heterocycles. The van der Waals surface area contributed by atoms with Crippen LogP contribution >= 0.6 is 11.6 Å². The number of rotatable bonds is 5. The van der Waals surface area contributed by atoms with Gasteiger partial charge in [0.05, 0.1) is 18.6 Å². The Bertz CT molecular complexity index is 772. The van der Waals surface area contributed by atoms with Crippen molar-refractivity contribution in [3.63, 3.8) is 0 Å². The summed E-state index contributed by atoms with van der Waals surface area (Å²) in [5.74, 6) is -1.31. The Balaban J connectivity index is 2.12. The lowest BCUT2D eigenvalue weighted by atomic mass is 9.91. The highest BCUT2D eigenvalue weighted by Gasteiger charge is 2.45. The van der Waals surface area contributed by atoms with Crippen LogP contribution in [0.2, 0.25) is 0 Å². The minimum absolute atomic E-state index is 0.0134. The highest BCUT2D eigenvalue weighted by Crippen LogP contribution is 2.42. The molecule has 0 aliphatic carbocycles. The molecule has 1 aliphatic rings. The van der Waals surface area contributed by atoms with E-state index in [1.54, 1.807) is 6.07 Å². The minimum Gasteiger partial charge on any atom is -0.339 e. The molecule has 1 aliphatic heterocycles. The first kappa shape index (κ1) is 16.7. The number of hydrogen-bond acceptors (Lipinski definition) is 4. The van der Waals surface area contributed by atoms with Gasteiger partial charge in [0.15, 0.2) is 0 Å².